The van der Waals surface area contributed by atoms with Crippen LogP contribution in [0.1, 0.15) is 28.4 Å². The van der Waals surface area contributed by atoms with Gasteiger partial charge in [-0.3, -0.25) is 0 Å². The van der Waals surface area contributed by atoms with Crippen molar-refractivity contribution in [2.45, 2.75) is 26.9 Å². The number of carboxylic acids is 1. The second-order valence-electron chi connectivity index (χ2n) is 3.02. The molecular formula is C9H12O3S. The monoisotopic (exact) mass is 200 g/mol. The van der Waals surface area contributed by atoms with Crippen LogP contribution < -0.4 is 4.74 Å². The van der Waals surface area contributed by atoms with Gasteiger partial charge in [-0.25, -0.2) is 4.79 Å². The van der Waals surface area contributed by atoms with Crippen LogP contribution in [0.5, 0.6) is 5.75 Å². The largest absolute Gasteiger partial charge is 0.489 e. The Hall–Kier alpha value is -1.03. The molecule has 0 amide bonds. The topological polar surface area (TPSA) is 46.5 Å². The van der Waals surface area contributed by atoms with E-state index in [1.165, 1.54) is 11.3 Å². The van der Waals surface area contributed by atoms with Crippen LogP contribution in [0.4, 0.5) is 0 Å². The van der Waals surface area contributed by atoms with Crippen LogP contribution in [-0.4, -0.2) is 17.2 Å². The first-order valence-corrected chi connectivity index (χ1v) is 4.82. The number of hydrogen-bond donors (Lipinski definition) is 1. The van der Waals surface area contributed by atoms with E-state index in [-0.39, 0.29) is 11.0 Å². The van der Waals surface area contributed by atoms with Crippen LogP contribution in [0, 0.1) is 6.92 Å². The fourth-order valence-corrected chi connectivity index (χ4v) is 1.76. The van der Waals surface area contributed by atoms with Crippen molar-refractivity contribution in [1.82, 2.24) is 0 Å². The van der Waals surface area contributed by atoms with Crippen molar-refractivity contribution in [3.63, 3.8) is 0 Å². The molecule has 13 heavy (non-hydrogen) atoms. The molecule has 1 aromatic rings. The van der Waals surface area contributed by atoms with Crippen LogP contribution in [0.3, 0.4) is 0 Å². The Kier molecular flexibility index (Phi) is 2.93. The highest BCUT2D eigenvalue weighted by molar-refractivity contribution is 7.14. The minimum Gasteiger partial charge on any atom is -0.489 e. The number of carboxylic acid groups (broad SMARTS) is 1. The molecule has 72 valence electrons. The Balaban J connectivity index is 2.97. The van der Waals surface area contributed by atoms with E-state index in [1.54, 1.807) is 6.07 Å². The van der Waals surface area contributed by atoms with Crippen molar-refractivity contribution >= 4 is 17.3 Å². The number of aromatic carboxylic acids is 1. The number of thiophene rings is 1. The molecule has 3 nitrogen and oxygen atoms in total. The van der Waals surface area contributed by atoms with Crippen molar-refractivity contribution in [1.29, 1.82) is 0 Å². The molecule has 0 aliphatic rings. The molecule has 1 aromatic heterocycles. The van der Waals surface area contributed by atoms with Gasteiger partial charge in [-0.2, -0.15) is 0 Å². The van der Waals surface area contributed by atoms with Crippen molar-refractivity contribution in [2.24, 2.45) is 0 Å². The maximum atomic E-state index is 10.7. The van der Waals surface area contributed by atoms with Crippen LogP contribution >= 0.6 is 11.3 Å². The van der Waals surface area contributed by atoms with Gasteiger partial charge in [0.25, 0.3) is 0 Å². The van der Waals surface area contributed by atoms with E-state index in [9.17, 15) is 4.79 Å². The molecule has 0 atom stereocenters. The molecule has 1 N–H and O–H groups in total. The zero-order valence-electron chi connectivity index (χ0n) is 7.83. The molecule has 0 fully saturated rings. The first kappa shape index (κ1) is 10.1. The highest BCUT2D eigenvalue weighted by Gasteiger charge is 2.15. The maximum absolute atomic E-state index is 10.7. The van der Waals surface area contributed by atoms with Crippen LogP contribution in [0.2, 0.25) is 0 Å². The van der Waals surface area contributed by atoms with Gasteiger partial charge in [-0.1, -0.05) is 0 Å². The van der Waals surface area contributed by atoms with Gasteiger partial charge in [-0.05, 0) is 26.8 Å². The summed E-state index contributed by atoms with van der Waals surface area (Å²) in [6.45, 7) is 5.61. The molecular weight excluding hydrogens is 188 g/mol. The summed E-state index contributed by atoms with van der Waals surface area (Å²) in [5, 5.41) is 8.82. The number of rotatable bonds is 3. The van der Waals surface area contributed by atoms with Gasteiger partial charge in [0.15, 0.2) is 4.88 Å². The lowest BCUT2D eigenvalue weighted by Crippen LogP contribution is -2.07. The summed E-state index contributed by atoms with van der Waals surface area (Å²) in [5.41, 5.74) is 0. The van der Waals surface area contributed by atoms with Crippen molar-refractivity contribution < 1.29 is 14.6 Å². The summed E-state index contributed by atoms with van der Waals surface area (Å²) >= 11 is 1.24. The minimum atomic E-state index is -0.922. The molecule has 0 aliphatic carbocycles. The van der Waals surface area contributed by atoms with Gasteiger partial charge >= 0.3 is 5.97 Å². The lowest BCUT2D eigenvalue weighted by molar-refractivity contribution is 0.0696. The molecule has 0 spiro atoms. The SMILES string of the molecule is Cc1cc(OC(C)C)c(C(=O)O)s1. The predicted octanol–water partition coefficient (Wildman–Crippen LogP) is 2.54. The fourth-order valence-electron chi connectivity index (χ4n) is 0.981. The summed E-state index contributed by atoms with van der Waals surface area (Å²) in [5.74, 6) is -0.446. The number of hydrogen-bond acceptors (Lipinski definition) is 3. The van der Waals surface area contributed by atoms with E-state index >= 15 is 0 Å². The predicted molar refractivity (Wildman–Crippen MR) is 51.8 cm³/mol. The lowest BCUT2D eigenvalue weighted by atomic mass is 10.4. The highest BCUT2D eigenvalue weighted by Crippen LogP contribution is 2.29. The second kappa shape index (κ2) is 3.79. The van der Waals surface area contributed by atoms with E-state index in [0.717, 1.165) is 4.88 Å². The summed E-state index contributed by atoms with van der Waals surface area (Å²) in [6, 6.07) is 1.76. The number of carbonyl (C=O) groups is 1. The summed E-state index contributed by atoms with van der Waals surface area (Å²) in [6.07, 6.45) is 0.00657. The molecule has 0 unspecified atom stereocenters. The third kappa shape index (κ3) is 2.45. The fraction of sp³-hybridized carbons (Fsp3) is 0.444. The molecule has 0 radical (unpaired) electrons. The Morgan fingerprint density at radius 1 is 1.62 bits per heavy atom. The van der Waals surface area contributed by atoms with Crippen molar-refractivity contribution in [3.05, 3.63) is 15.8 Å². The van der Waals surface area contributed by atoms with Crippen LogP contribution in [0.15, 0.2) is 6.07 Å². The van der Waals surface area contributed by atoms with E-state index in [1.807, 2.05) is 20.8 Å². The molecule has 1 heterocycles. The molecule has 0 aromatic carbocycles. The second-order valence-corrected chi connectivity index (χ2v) is 4.28. The molecule has 0 saturated carbocycles. The van der Waals surface area contributed by atoms with Gasteiger partial charge in [0, 0.05) is 4.88 Å². The molecule has 0 saturated heterocycles. The first-order valence-electron chi connectivity index (χ1n) is 4.01. The van der Waals surface area contributed by atoms with Gasteiger partial charge in [-0.15, -0.1) is 11.3 Å². The Morgan fingerprint density at radius 2 is 2.23 bits per heavy atom. The number of ether oxygens (including phenoxy) is 1. The van der Waals surface area contributed by atoms with E-state index in [4.69, 9.17) is 9.84 Å². The summed E-state index contributed by atoms with van der Waals surface area (Å²) in [4.78, 5) is 12.0. The zero-order valence-corrected chi connectivity index (χ0v) is 8.64. The molecule has 4 heteroatoms. The number of aryl methyl sites for hydroxylation is 1. The summed E-state index contributed by atoms with van der Waals surface area (Å²) < 4.78 is 5.36. The Bertz CT molecular complexity index is 315. The molecule has 0 bridgehead atoms. The smallest absolute Gasteiger partial charge is 0.349 e. The van der Waals surface area contributed by atoms with E-state index in [0.29, 0.717) is 5.75 Å². The average Bonchev–Trinajstić information content (AvgIpc) is 2.29. The van der Waals surface area contributed by atoms with Crippen LogP contribution in [-0.2, 0) is 0 Å². The lowest BCUT2D eigenvalue weighted by Gasteiger charge is -2.07. The molecule has 0 aliphatic heterocycles. The highest BCUT2D eigenvalue weighted by atomic mass is 32.1. The van der Waals surface area contributed by atoms with Gasteiger partial charge in [0.2, 0.25) is 0 Å². The molecule has 1 rings (SSSR count). The summed E-state index contributed by atoms with van der Waals surface area (Å²) in [7, 11) is 0. The maximum Gasteiger partial charge on any atom is 0.349 e. The van der Waals surface area contributed by atoms with Crippen LogP contribution in [0.25, 0.3) is 0 Å². The minimum absolute atomic E-state index is 0.00657. The third-order valence-electron chi connectivity index (χ3n) is 1.38. The Labute approximate surface area is 81.0 Å². The quantitative estimate of drug-likeness (QED) is 0.815. The van der Waals surface area contributed by atoms with Gasteiger partial charge in [0.05, 0.1) is 6.10 Å². The van der Waals surface area contributed by atoms with E-state index < -0.39 is 5.97 Å². The van der Waals surface area contributed by atoms with E-state index in [2.05, 4.69) is 0 Å². The first-order chi connectivity index (χ1) is 6.00. The van der Waals surface area contributed by atoms with Gasteiger partial charge in [0.1, 0.15) is 5.75 Å². The van der Waals surface area contributed by atoms with Gasteiger partial charge < -0.3 is 9.84 Å². The standard InChI is InChI=1S/C9H12O3S/c1-5(2)12-7-4-6(3)13-8(7)9(10)11/h4-5H,1-3H3,(H,10,11). The zero-order chi connectivity index (χ0) is 10.0. The normalized spacial score (nSPS) is 10.5. The van der Waals surface area contributed by atoms with Crippen molar-refractivity contribution in [3.8, 4) is 5.75 Å². The average molecular weight is 200 g/mol. The Morgan fingerprint density at radius 3 is 2.69 bits per heavy atom. The third-order valence-corrected chi connectivity index (χ3v) is 2.40. The van der Waals surface area contributed by atoms with Crippen molar-refractivity contribution in [2.75, 3.05) is 0 Å².